The van der Waals surface area contributed by atoms with E-state index in [-0.39, 0.29) is 5.69 Å². The van der Waals surface area contributed by atoms with Gasteiger partial charge in [-0.3, -0.25) is 0 Å². The zero-order chi connectivity index (χ0) is 13.9. The quantitative estimate of drug-likeness (QED) is 0.710. The van der Waals surface area contributed by atoms with Crippen LogP contribution in [-0.4, -0.2) is 19.7 Å². The van der Waals surface area contributed by atoms with Crippen molar-refractivity contribution in [3.63, 3.8) is 0 Å². The van der Waals surface area contributed by atoms with Crippen molar-refractivity contribution >= 4 is 5.69 Å². The largest absolute Gasteiger partial charge is 0.398 e. The number of nitrogen functional groups attached to an aromatic ring is 1. The van der Waals surface area contributed by atoms with E-state index >= 15 is 0 Å². The third-order valence-electron chi connectivity index (χ3n) is 2.84. The molecule has 0 fully saturated rings. The van der Waals surface area contributed by atoms with Crippen LogP contribution in [0.15, 0.2) is 49.1 Å². The number of anilines is 1. The average molecular weight is 262 g/mol. The van der Waals surface area contributed by atoms with Crippen LogP contribution in [0.2, 0.25) is 0 Å². The predicted molar refractivity (Wildman–Crippen MR) is 73.7 cm³/mol. The molecule has 0 saturated carbocycles. The summed E-state index contributed by atoms with van der Waals surface area (Å²) in [6, 6.07) is 9.50. The summed E-state index contributed by atoms with van der Waals surface area (Å²) in [5.41, 5.74) is 8.72. The van der Waals surface area contributed by atoms with E-state index in [9.17, 15) is 0 Å². The van der Waals surface area contributed by atoms with Crippen molar-refractivity contribution < 1.29 is 0 Å². The fourth-order valence-corrected chi connectivity index (χ4v) is 1.84. The van der Waals surface area contributed by atoms with E-state index in [0.29, 0.717) is 11.5 Å². The van der Waals surface area contributed by atoms with Gasteiger partial charge < -0.3 is 5.73 Å². The molecule has 0 atom stereocenters. The third-order valence-corrected chi connectivity index (χ3v) is 2.84. The van der Waals surface area contributed by atoms with Crippen LogP contribution in [0.25, 0.3) is 16.9 Å². The molecule has 3 aromatic rings. The van der Waals surface area contributed by atoms with E-state index in [2.05, 4.69) is 15.1 Å². The van der Waals surface area contributed by atoms with Gasteiger partial charge in [0.2, 0.25) is 0 Å². The normalized spacial score (nSPS) is 10.2. The summed E-state index contributed by atoms with van der Waals surface area (Å²) in [5.74, 6) is 0.546. The number of nitriles is 1. The summed E-state index contributed by atoms with van der Waals surface area (Å²) in [4.78, 5) is 8.10. The molecular weight excluding hydrogens is 252 g/mol. The number of nitrogens with zero attached hydrogens (tertiary/aromatic N) is 5. The Labute approximate surface area is 115 Å². The fraction of sp³-hybridized carbons (Fsp3) is 0. The van der Waals surface area contributed by atoms with E-state index < -0.39 is 0 Å². The van der Waals surface area contributed by atoms with Crippen LogP contribution >= 0.6 is 0 Å². The first-order valence-electron chi connectivity index (χ1n) is 5.90. The Kier molecular flexibility index (Phi) is 2.86. The number of para-hydroxylation sites is 1. The highest BCUT2D eigenvalue weighted by Crippen LogP contribution is 2.25. The molecule has 20 heavy (non-hydrogen) atoms. The van der Waals surface area contributed by atoms with Gasteiger partial charge in [-0.05, 0) is 6.07 Å². The smallest absolute Gasteiger partial charge is 0.171 e. The molecule has 2 heterocycles. The minimum absolute atomic E-state index is 0.272. The standard InChI is InChI=1S/C14H10N6/c15-5-11-7-18-14(8-17-11)20-9-10(6-19-20)12-3-1-2-4-13(12)16/h1-4,6-9H,16H2. The van der Waals surface area contributed by atoms with Gasteiger partial charge in [0.25, 0.3) is 0 Å². The lowest BCUT2D eigenvalue weighted by Crippen LogP contribution is -1.99. The number of hydrogen-bond acceptors (Lipinski definition) is 5. The minimum Gasteiger partial charge on any atom is -0.398 e. The fourth-order valence-electron chi connectivity index (χ4n) is 1.84. The lowest BCUT2D eigenvalue weighted by molar-refractivity contribution is 0.836. The summed E-state index contributed by atoms with van der Waals surface area (Å²) in [7, 11) is 0. The molecule has 96 valence electrons. The molecule has 0 aliphatic carbocycles. The van der Waals surface area contributed by atoms with Crippen molar-refractivity contribution in [3.05, 3.63) is 54.7 Å². The molecule has 2 N–H and O–H groups in total. The molecule has 0 unspecified atom stereocenters. The summed E-state index contributed by atoms with van der Waals surface area (Å²) < 4.78 is 1.59. The molecule has 0 radical (unpaired) electrons. The van der Waals surface area contributed by atoms with Gasteiger partial charge in [-0.2, -0.15) is 10.4 Å². The average Bonchev–Trinajstić information content (AvgIpc) is 2.97. The van der Waals surface area contributed by atoms with E-state index in [1.165, 1.54) is 12.4 Å². The number of nitrogens with two attached hydrogens (primary N) is 1. The van der Waals surface area contributed by atoms with Crippen LogP contribution < -0.4 is 5.73 Å². The molecular formula is C14H10N6. The second-order valence-corrected chi connectivity index (χ2v) is 4.13. The first-order chi connectivity index (χ1) is 9.78. The zero-order valence-corrected chi connectivity index (χ0v) is 10.4. The molecule has 0 aliphatic rings. The molecule has 0 saturated heterocycles. The Morgan fingerprint density at radius 1 is 1.10 bits per heavy atom. The topological polar surface area (TPSA) is 93.4 Å². The zero-order valence-electron chi connectivity index (χ0n) is 10.4. The Morgan fingerprint density at radius 2 is 1.95 bits per heavy atom. The van der Waals surface area contributed by atoms with Crippen molar-refractivity contribution in [2.24, 2.45) is 0 Å². The molecule has 3 rings (SSSR count). The Balaban J connectivity index is 1.98. The summed E-state index contributed by atoms with van der Waals surface area (Å²) in [6.07, 6.45) is 6.45. The summed E-state index contributed by atoms with van der Waals surface area (Å²) in [5, 5.41) is 12.9. The van der Waals surface area contributed by atoms with Crippen molar-refractivity contribution in [3.8, 4) is 23.0 Å². The summed E-state index contributed by atoms with van der Waals surface area (Å²) >= 11 is 0. The van der Waals surface area contributed by atoms with Gasteiger partial charge in [-0.25, -0.2) is 14.6 Å². The van der Waals surface area contributed by atoms with E-state index in [1.807, 2.05) is 36.5 Å². The molecule has 6 nitrogen and oxygen atoms in total. The van der Waals surface area contributed by atoms with Crippen molar-refractivity contribution in [2.45, 2.75) is 0 Å². The molecule has 6 heteroatoms. The molecule has 0 spiro atoms. The van der Waals surface area contributed by atoms with Gasteiger partial charge in [-0.15, -0.1) is 0 Å². The van der Waals surface area contributed by atoms with E-state index in [1.54, 1.807) is 10.9 Å². The first kappa shape index (κ1) is 11.9. The van der Waals surface area contributed by atoms with Gasteiger partial charge in [-0.1, -0.05) is 18.2 Å². The van der Waals surface area contributed by atoms with Gasteiger partial charge in [0.05, 0.1) is 18.6 Å². The maximum Gasteiger partial charge on any atom is 0.171 e. The van der Waals surface area contributed by atoms with Gasteiger partial charge in [0, 0.05) is 23.0 Å². The monoisotopic (exact) mass is 262 g/mol. The van der Waals surface area contributed by atoms with E-state index in [4.69, 9.17) is 11.0 Å². The second-order valence-electron chi connectivity index (χ2n) is 4.13. The first-order valence-corrected chi connectivity index (χ1v) is 5.90. The van der Waals surface area contributed by atoms with Crippen molar-refractivity contribution in [2.75, 3.05) is 5.73 Å². The Hall–Kier alpha value is -3.20. The van der Waals surface area contributed by atoms with Crippen LogP contribution in [0.1, 0.15) is 5.69 Å². The van der Waals surface area contributed by atoms with Gasteiger partial charge >= 0.3 is 0 Å². The van der Waals surface area contributed by atoms with E-state index in [0.717, 1.165) is 11.1 Å². The molecule has 2 aromatic heterocycles. The van der Waals surface area contributed by atoms with Gasteiger partial charge in [0.1, 0.15) is 6.07 Å². The maximum atomic E-state index is 8.69. The van der Waals surface area contributed by atoms with Crippen LogP contribution in [0.5, 0.6) is 0 Å². The SMILES string of the molecule is N#Cc1cnc(-n2cc(-c3ccccc3N)cn2)cn1. The Bertz CT molecular complexity index is 782. The molecule has 0 bridgehead atoms. The second kappa shape index (κ2) is 4.82. The molecule has 1 aromatic carbocycles. The maximum absolute atomic E-state index is 8.69. The minimum atomic E-state index is 0.272. The van der Waals surface area contributed by atoms with Crippen LogP contribution in [0.3, 0.4) is 0 Å². The van der Waals surface area contributed by atoms with Crippen LogP contribution in [-0.2, 0) is 0 Å². The summed E-state index contributed by atoms with van der Waals surface area (Å²) in [6.45, 7) is 0. The predicted octanol–water partition coefficient (Wildman–Crippen LogP) is 1.78. The molecule has 0 aliphatic heterocycles. The van der Waals surface area contributed by atoms with Crippen LogP contribution in [0.4, 0.5) is 5.69 Å². The lowest BCUT2D eigenvalue weighted by atomic mass is 10.1. The van der Waals surface area contributed by atoms with Gasteiger partial charge in [0.15, 0.2) is 11.5 Å². The van der Waals surface area contributed by atoms with Crippen molar-refractivity contribution in [1.29, 1.82) is 5.26 Å². The number of rotatable bonds is 2. The number of hydrogen-bond donors (Lipinski definition) is 1. The molecule has 0 amide bonds. The Morgan fingerprint density at radius 3 is 2.65 bits per heavy atom. The highest BCUT2D eigenvalue weighted by Gasteiger charge is 2.07. The number of aromatic nitrogens is 4. The van der Waals surface area contributed by atoms with Crippen molar-refractivity contribution in [1.82, 2.24) is 19.7 Å². The number of benzene rings is 1. The van der Waals surface area contributed by atoms with Crippen LogP contribution in [0, 0.1) is 11.3 Å². The highest BCUT2D eigenvalue weighted by molar-refractivity contribution is 5.75. The highest BCUT2D eigenvalue weighted by atomic mass is 15.3. The third kappa shape index (κ3) is 2.08. The lowest BCUT2D eigenvalue weighted by Gasteiger charge is -2.01.